The lowest BCUT2D eigenvalue weighted by molar-refractivity contribution is -0.139. The molecule has 0 heterocycles. The first-order valence-corrected chi connectivity index (χ1v) is 7.55. The number of rotatable bonds is 12. The highest BCUT2D eigenvalue weighted by atomic mass is 16.5. The number of carbonyl (C=O) groups is 1. The van der Waals surface area contributed by atoms with Crippen LogP contribution in [-0.4, -0.2) is 12.6 Å². The predicted octanol–water partition coefficient (Wildman–Crippen LogP) is 5.03. The summed E-state index contributed by atoms with van der Waals surface area (Å²) < 4.78 is 4.81. The molecule has 0 spiro atoms. The van der Waals surface area contributed by atoms with Gasteiger partial charge in [-0.25, -0.2) is 0 Å². The van der Waals surface area contributed by atoms with Gasteiger partial charge in [0.2, 0.25) is 0 Å². The van der Waals surface area contributed by atoms with E-state index in [1.54, 1.807) is 0 Å². The summed E-state index contributed by atoms with van der Waals surface area (Å²) in [5.41, 5.74) is 0. The normalized spacial score (nSPS) is 11.0. The van der Waals surface area contributed by atoms with E-state index in [2.05, 4.69) is 13.0 Å². The maximum Gasteiger partial charge on any atom is 0.302 e. The van der Waals surface area contributed by atoms with Gasteiger partial charge < -0.3 is 4.74 Å². The largest absolute Gasteiger partial charge is 0.462 e. The fourth-order valence-electron chi connectivity index (χ4n) is 1.92. The average Bonchev–Trinajstić information content (AvgIpc) is 2.34. The molecule has 2 nitrogen and oxygen atoms in total. The second-order valence-corrected chi connectivity index (χ2v) is 4.89. The standard InChI is InChI=1S/C16H30O2/c1-3-4-5-6-7-8-9-10-11-12-13-14-15-18-16(2)17/h13-14H,3-12,15H2,1-2H3/b14-13-. The Morgan fingerprint density at radius 3 is 2.00 bits per heavy atom. The molecule has 0 aromatic rings. The van der Waals surface area contributed by atoms with Crippen LogP contribution in [0.1, 0.15) is 78.1 Å². The van der Waals surface area contributed by atoms with E-state index in [-0.39, 0.29) is 5.97 Å². The Hall–Kier alpha value is -0.790. The topological polar surface area (TPSA) is 26.3 Å². The van der Waals surface area contributed by atoms with E-state index in [0.29, 0.717) is 6.61 Å². The first kappa shape index (κ1) is 17.2. The Morgan fingerprint density at radius 2 is 1.44 bits per heavy atom. The van der Waals surface area contributed by atoms with Crippen LogP contribution in [0.4, 0.5) is 0 Å². The van der Waals surface area contributed by atoms with Gasteiger partial charge in [-0.15, -0.1) is 0 Å². The lowest BCUT2D eigenvalue weighted by atomic mass is 10.1. The van der Waals surface area contributed by atoms with Crippen LogP contribution >= 0.6 is 0 Å². The van der Waals surface area contributed by atoms with Crippen molar-refractivity contribution >= 4 is 5.97 Å². The van der Waals surface area contributed by atoms with Crippen LogP contribution in [0.15, 0.2) is 12.2 Å². The minimum Gasteiger partial charge on any atom is -0.462 e. The number of carbonyl (C=O) groups excluding carboxylic acids is 1. The highest BCUT2D eigenvalue weighted by Crippen LogP contribution is 2.10. The molecule has 0 aromatic carbocycles. The Bertz CT molecular complexity index is 209. The summed E-state index contributed by atoms with van der Waals surface area (Å²) in [4.78, 5) is 10.5. The Balaban J connectivity index is 3.04. The van der Waals surface area contributed by atoms with Gasteiger partial charge in [-0.1, -0.05) is 70.4 Å². The second-order valence-electron chi connectivity index (χ2n) is 4.89. The van der Waals surface area contributed by atoms with Gasteiger partial charge in [0, 0.05) is 6.92 Å². The summed E-state index contributed by atoms with van der Waals surface area (Å²) in [6.07, 6.45) is 17.5. The van der Waals surface area contributed by atoms with Crippen molar-refractivity contribution in [2.75, 3.05) is 6.61 Å². The number of hydrogen-bond acceptors (Lipinski definition) is 2. The third-order valence-electron chi connectivity index (χ3n) is 3.02. The quantitative estimate of drug-likeness (QED) is 0.277. The van der Waals surface area contributed by atoms with Crippen molar-refractivity contribution < 1.29 is 9.53 Å². The molecule has 18 heavy (non-hydrogen) atoms. The van der Waals surface area contributed by atoms with Crippen LogP contribution in [0, 0.1) is 0 Å². The molecule has 0 amide bonds. The third-order valence-corrected chi connectivity index (χ3v) is 3.02. The first-order valence-electron chi connectivity index (χ1n) is 7.55. The highest BCUT2D eigenvalue weighted by molar-refractivity contribution is 5.65. The van der Waals surface area contributed by atoms with E-state index in [1.165, 1.54) is 64.7 Å². The summed E-state index contributed by atoms with van der Waals surface area (Å²) in [5.74, 6) is -0.206. The maximum atomic E-state index is 10.5. The summed E-state index contributed by atoms with van der Waals surface area (Å²) in [7, 11) is 0. The van der Waals surface area contributed by atoms with Crippen molar-refractivity contribution in [2.45, 2.75) is 78.1 Å². The molecular formula is C16H30O2. The van der Waals surface area contributed by atoms with Gasteiger partial charge in [-0.05, 0) is 12.8 Å². The molecule has 0 radical (unpaired) electrons. The number of unbranched alkanes of at least 4 members (excludes halogenated alkanes) is 9. The summed E-state index contributed by atoms with van der Waals surface area (Å²) >= 11 is 0. The summed E-state index contributed by atoms with van der Waals surface area (Å²) in [6.45, 7) is 4.12. The van der Waals surface area contributed by atoms with Gasteiger partial charge in [-0.2, -0.15) is 0 Å². The van der Waals surface area contributed by atoms with E-state index in [0.717, 1.165) is 6.42 Å². The zero-order valence-electron chi connectivity index (χ0n) is 12.2. The van der Waals surface area contributed by atoms with Crippen molar-refractivity contribution in [3.63, 3.8) is 0 Å². The van der Waals surface area contributed by atoms with Gasteiger partial charge >= 0.3 is 5.97 Å². The molecule has 0 aliphatic carbocycles. The zero-order valence-corrected chi connectivity index (χ0v) is 12.2. The van der Waals surface area contributed by atoms with Crippen LogP contribution < -0.4 is 0 Å². The van der Waals surface area contributed by atoms with Crippen molar-refractivity contribution in [1.82, 2.24) is 0 Å². The van der Waals surface area contributed by atoms with Crippen LogP contribution in [0.2, 0.25) is 0 Å². The third kappa shape index (κ3) is 15.2. The van der Waals surface area contributed by atoms with Crippen LogP contribution in [0.3, 0.4) is 0 Å². The molecule has 106 valence electrons. The smallest absolute Gasteiger partial charge is 0.302 e. The van der Waals surface area contributed by atoms with Crippen LogP contribution in [-0.2, 0) is 9.53 Å². The molecule has 0 rings (SSSR count). The molecule has 0 bridgehead atoms. The molecular weight excluding hydrogens is 224 g/mol. The molecule has 0 saturated carbocycles. The van der Waals surface area contributed by atoms with Gasteiger partial charge in [0.1, 0.15) is 6.61 Å². The Morgan fingerprint density at radius 1 is 0.889 bits per heavy atom. The SMILES string of the molecule is CCCCCCCCCCC/C=C\COC(C)=O. The van der Waals surface area contributed by atoms with Crippen molar-refractivity contribution in [2.24, 2.45) is 0 Å². The molecule has 2 heteroatoms. The van der Waals surface area contributed by atoms with Gasteiger partial charge in [-0.3, -0.25) is 4.79 Å². The van der Waals surface area contributed by atoms with E-state index < -0.39 is 0 Å². The van der Waals surface area contributed by atoms with E-state index in [4.69, 9.17) is 4.74 Å². The fraction of sp³-hybridized carbons (Fsp3) is 0.812. The average molecular weight is 254 g/mol. The first-order chi connectivity index (χ1) is 8.77. The molecule has 0 aliphatic rings. The minimum absolute atomic E-state index is 0.206. The van der Waals surface area contributed by atoms with Crippen molar-refractivity contribution in [1.29, 1.82) is 0 Å². The lowest BCUT2D eigenvalue weighted by Gasteiger charge is -2.00. The predicted molar refractivity (Wildman–Crippen MR) is 77.6 cm³/mol. The summed E-state index contributed by atoms with van der Waals surface area (Å²) in [5, 5.41) is 0. The Kier molecular flexibility index (Phi) is 13.6. The molecule has 0 unspecified atom stereocenters. The van der Waals surface area contributed by atoms with E-state index in [9.17, 15) is 4.79 Å². The van der Waals surface area contributed by atoms with Crippen molar-refractivity contribution in [3.05, 3.63) is 12.2 Å². The van der Waals surface area contributed by atoms with Gasteiger partial charge in [0.15, 0.2) is 0 Å². The van der Waals surface area contributed by atoms with E-state index >= 15 is 0 Å². The molecule has 0 N–H and O–H groups in total. The number of esters is 1. The number of ether oxygens (including phenoxy) is 1. The van der Waals surface area contributed by atoms with Gasteiger partial charge in [0.25, 0.3) is 0 Å². The number of allylic oxidation sites excluding steroid dienone is 1. The van der Waals surface area contributed by atoms with Crippen molar-refractivity contribution in [3.8, 4) is 0 Å². The molecule has 0 fully saturated rings. The Labute approximate surface area is 113 Å². The molecule has 0 saturated heterocycles. The summed E-state index contributed by atoms with van der Waals surface area (Å²) in [6, 6.07) is 0. The fourth-order valence-corrected chi connectivity index (χ4v) is 1.92. The lowest BCUT2D eigenvalue weighted by Crippen LogP contribution is -1.97. The molecule has 0 aromatic heterocycles. The second kappa shape index (κ2) is 14.3. The maximum absolute atomic E-state index is 10.5. The molecule has 0 aliphatic heterocycles. The molecule has 0 atom stereocenters. The van der Waals surface area contributed by atoms with E-state index in [1.807, 2.05) is 6.08 Å². The van der Waals surface area contributed by atoms with Gasteiger partial charge in [0.05, 0.1) is 0 Å². The number of hydrogen-bond donors (Lipinski definition) is 0. The zero-order chi connectivity index (χ0) is 13.5. The van der Waals surface area contributed by atoms with Crippen LogP contribution in [0.25, 0.3) is 0 Å². The highest BCUT2D eigenvalue weighted by Gasteiger charge is 1.91. The van der Waals surface area contributed by atoms with Crippen LogP contribution in [0.5, 0.6) is 0 Å². The minimum atomic E-state index is -0.206. The monoisotopic (exact) mass is 254 g/mol.